The highest BCUT2D eigenvalue weighted by Crippen LogP contribution is 2.22. The summed E-state index contributed by atoms with van der Waals surface area (Å²) in [7, 11) is 0. The van der Waals surface area contributed by atoms with Crippen LogP contribution in [-0.2, 0) is 11.3 Å². The Balaban J connectivity index is 0.00000288. The lowest BCUT2D eigenvalue weighted by Crippen LogP contribution is -2.40. The molecule has 2 rings (SSSR count). The minimum atomic E-state index is -0.456. The summed E-state index contributed by atoms with van der Waals surface area (Å²) in [6.07, 6.45) is 0.903. The first-order chi connectivity index (χ1) is 11.0. The van der Waals surface area contributed by atoms with Crippen molar-refractivity contribution in [3.05, 3.63) is 29.3 Å². The number of nitrogens with zero attached hydrogens (tertiary/aromatic N) is 1. The third-order valence-corrected chi connectivity index (χ3v) is 5.70. The van der Waals surface area contributed by atoms with Crippen LogP contribution in [-0.4, -0.2) is 41.4 Å². The minimum Gasteiger partial charge on any atom is -0.324 e. The fourth-order valence-electron chi connectivity index (χ4n) is 2.72. The van der Waals surface area contributed by atoms with Crippen LogP contribution in [0.3, 0.4) is 0 Å². The Bertz CT molecular complexity index is 539. The van der Waals surface area contributed by atoms with E-state index in [1.807, 2.05) is 30.8 Å². The molecule has 0 radical (unpaired) electrons. The normalized spacial score (nSPS) is 17.0. The summed E-state index contributed by atoms with van der Waals surface area (Å²) in [6, 6.07) is 5.68. The van der Waals surface area contributed by atoms with Crippen LogP contribution in [0.4, 0.5) is 5.69 Å². The van der Waals surface area contributed by atoms with Crippen LogP contribution in [0, 0.1) is 12.8 Å². The summed E-state index contributed by atoms with van der Waals surface area (Å²) >= 11 is 2.02. The first-order valence-electron chi connectivity index (χ1n) is 8.48. The molecule has 1 aromatic rings. The number of thioether (sulfide) groups is 1. The van der Waals surface area contributed by atoms with E-state index in [0.717, 1.165) is 37.3 Å². The van der Waals surface area contributed by atoms with Gasteiger partial charge < -0.3 is 11.1 Å². The summed E-state index contributed by atoms with van der Waals surface area (Å²) in [5, 5.41) is 3.02. The molecule has 0 spiro atoms. The van der Waals surface area contributed by atoms with Crippen molar-refractivity contribution in [2.45, 2.75) is 39.8 Å². The topological polar surface area (TPSA) is 58.4 Å². The Hall–Kier alpha value is -0.460. The van der Waals surface area contributed by atoms with Gasteiger partial charge in [-0.3, -0.25) is 9.69 Å². The predicted molar refractivity (Wildman–Crippen MR) is 114 cm³/mol. The lowest BCUT2D eigenvalue weighted by atomic mass is 9.99. The molecule has 1 heterocycles. The molecule has 0 aromatic heterocycles. The molecule has 1 aliphatic rings. The van der Waals surface area contributed by atoms with Crippen LogP contribution in [0.1, 0.15) is 31.4 Å². The third-order valence-electron chi connectivity index (χ3n) is 4.76. The number of nitrogens with two attached hydrogens (primary N) is 1. The lowest BCUT2D eigenvalue weighted by molar-refractivity contribution is -0.118. The highest BCUT2D eigenvalue weighted by molar-refractivity contribution is 7.99. The molecule has 4 nitrogen and oxygen atoms in total. The second-order valence-electron chi connectivity index (χ2n) is 6.38. The molecule has 2 unspecified atom stereocenters. The largest absolute Gasteiger partial charge is 0.324 e. The van der Waals surface area contributed by atoms with Gasteiger partial charge in [0.05, 0.1) is 6.04 Å². The number of carbonyl (C=O) groups excluding carboxylic acids is 1. The number of benzene rings is 1. The Labute approximate surface area is 168 Å². The fourth-order valence-corrected chi connectivity index (χ4v) is 3.70. The van der Waals surface area contributed by atoms with Gasteiger partial charge in [0.2, 0.25) is 5.91 Å². The average Bonchev–Trinajstić information content (AvgIpc) is 2.58. The van der Waals surface area contributed by atoms with Crippen molar-refractivity contribution in [1.29, 1.82) is 0 Å². The van der Waals surface area contributed by atoms with Crippen molar-refractivity contribution >= 4 is 48.2 Å². The molecule has 1 amide bonds. The van der Waals surface area contributed by atoms with E-state index in [-0.39, 0.29) is 36.6 Å². The number of hydrogen-bond acceptors (Lipinski definition) is 4. The van der Waals surface area contributed by atoms with E-state index < -0.39 is 6.04 Å². The van der Waals surface area contributed by atoms with Crippen molar-refractivity contribution < 1.29 is 4.79 Å². The van der Waals surface area contributed by atoms with Gasteiger partial charge in [0.15, 0.2) is 0 Å². The molecule has 1 aromatic carbocycles. The molecular formula is C18H31Cl2N3OS. The Kier molecular flexibility index (Phi) is 11.8. The van der Waals surface area contributed by atoms with E-state index >= 15 is 0 Å². The monoisotopic (exact) mass is 407 g/mol. The molecule has 1 saturated heterocycles. The van der Waals surface area contributed by atoms with Crippen LogP contribution in [0.25, 0.3) is 0 Å². The number of halogens is 2. The molecule has 2 atom stereocenters. The number of anilines is 1. The zero-order chi connectivity index (χ0) is 16.8. The number of amides is 1. The number of nitrogens with one attached hydrogen (secondary N) is 1. The number of rotatable bonds is 6. The van der Waals surface area contributed by atoms with Crippen molar-refractivity contribution in [1.82, 2.24) is 4.90 Å². The van der Waals surface area contributed by atoms with Gasteiger partial charge >= 0.3 is 0 Å². The van der Waals surface area contributed by atoms with E-state index in [2.05, 4.69) is 30.1 Å². The first-order valence-corrected chi connectivity index (χ1v) is 9.63. The standard InChI is InChI=1S/C18H29N3OS.2ClH/c1-4-13(2)17(19)18(22)20-16-7-5-6-15(14(16)3)12-21-8-10-23-11-9-21;;/h5-7,13,17H,4,8-12,19H2,1-3H3,(H,20,22);2*1H. The van der Waals surface area contributed by atoms with Crippen LogP contribution < -0.4 is 11.1 Å². The summed E-state index contributed by atoms with van der Waals surface area (Å²) < 4.78 is 0. The molecule has 144 valence electrons. The summed E-state index contributed by atoms with van der Waals surface area (Å²) in [5.74, 6) is 2.51. The number of carbonyl (C=O) groups is 1. The molecule has 3 N–H and O–H groups in total. The second-order valence-corrected chi connectivity index (χ2v) is 7.60. The zero-order valence-corrected chi connectivity index (χ0v) is 17.7. The van der Waals surface area contributed by atoms with Gasteiger partial charge in [-0.2, -0.15) is 11.8 Å². The van der Waals surface area contributed by atoms with Crippen LogP contribution in [0.5, 0.6) is 0 Å². The molecule has 0 bridgehead atoms. The van der Waals surface area contributed by atoms with Crippen molar-refractivity contribution in [3.63, 3.8) is 0 Å². The van der Waals surface area contributed by atoms with E-state index in [0.29, 0.717) is 0 Å². The van der Waals surface area contributed by atoms with Gasteiger partial charge in [0, 0.05) is 36.8 Å². The van der Waals surface area contributed by atoms with E-state index in [4.69, 9.17) is 5.73 Å². The van der Waals surface area contributed by atoms with E-state index in [1.165, 1.54) is 17.1 Å². The van der Waals surface area contributed by atoms with Crippen molar-refractivity contribution in [2.24, 2.45) is 11.7 Å². The predicted octanol–water partition coefficient (Wildman–Crippen LogP) is 3.70. The van der Waals surface area contributed by atoms with Crippen LogP contribution >= 0.6 is 36.6 Å². The number of hydrogen-bond donors (Lipinski definition) is 2. The second kappa shape index (κ2) is 12.0. The van der Waals surface area contributed by atoms with Gasteiger partial charge in [0.1, 0.15) is 0 Å². The summed E-state index contributed by atoms with van der Waals surface area (Å²) in [4.78, 5) is 14.8. The quantitative estimate of drug-likeness (QED) is 0.754. The van der Waals surface area contributed by atoms with Gasteiger partial charge in [-0.05, 0) is 30.0 Å². The minimum absolute atomic E-state index is 0. The van der Waals surface area contributed by atoms with Gasteiger partial charge in [-0.25, -0.2) is 0 Å². The Morgan fingerprint density at radius 3 is 2.56 bits per heavy atom. The van der Waals surface area contributed by atoms with Gasteiger partial charge in [-0.1, -0.05) is 32.4 Å². The zero-order valence-electron chi connectivity index (χ0n) is 15.3. The summed E-state index contributed by atoms with van der Waals surface area (Å²) in [6.45, 7) is 9.38. The summed E-state index contributed by atoms with van der Waals surface area (Å²) in [5.41, 5.74) is 9.35. The highest BCUT2D eigenvalue weighted by atomic mass is 35.5. The average molecular weight is 408 g/mol. The fraction of sp³-hybridized carbons (Fsp3) is 0.611. The maximum Gasteiger partial charge on any atom is 0.241 e. The van der Waals surface area contributed by atoms with Crippen molar-refractivity contribution in [3.8, 4) is 0 Å². The Morgan fingerprint density at radius 1 is 1.32 bits per heavy atom. The third kappa shape index (κ3) is 6.99. The van der Waals surface area contributed by atoms with E-state index in [1.54, 1.807) is 0 Å². The van der Waals surface area contributed by atoms with E-state index in [9.17, 15) is 4.79 Å². The molecule has 0 saturated carbocycles. The molecular weight excluding hydrogens is 377 g/mol. The van der Waals surface area contributed by atoms with Crippen LogP contribution in [0.15, 0.2) is 18.2 Å². The molecule has 25 heavy (non-hydrogen) atoms. The lowest BCUT2D eigenvalue weighted by Gasteiger charge is -2.27. The first kappa shape index (κ1) is 24.5. The maximum atomic E-state index is 12.3. The molecule has 0 aliphatic carbocycles. The van der Waals surface area contributed by atoms with Gasteiger partial charge in [0.25, 0.3) is 0 Å². The maximum absolute atomic E-state index is 12.3. The van der Waals surface area contributed by atoms with Gasteiger partial charge in [-0.15, -0.1) is 24.8 Å². The van der Waals surface area contributed by atoms with Crippen LogP contribution in [0.2, 0.25) is 0 Å². The SMILES string of the molecule is CCC(C)C(N)C(=O)Nc1cccc(CN2CCSCC2)c1C.Cl.Cl. The smallest absolute Gasteiger partial charge is 0.241 e. The van der Waals surface area contributed by atoms with Crippen molar-refractivity contribution in [2.75, 3.05) is 29.9 Å². The molecule has 7 heteroatoms. The molecule has 1 aliphatic heterocycles. The highest BCUT2D eigenvalue weighted by Gasteiger charge is 2.20. The molecule has 1 fully saturated rings. The Morgan fingerprint density at radius 2 is 1.96 bits per heavy atom.